The molecule has 0 aromatic heterocycles. The molecule has 2 rings (SSSR count). The van der Waals surface area contributed by atoms with Gasteiger partial charge in [0, 0.05) is 31.6 Å². The second kappa shape index (κ2) is 7.66. The van der Waals surface area contributed by atoms with E-state index >= 15 is 0 Å². The number of rotatable bonds is 4. The van der Waals surface area contributed by atoms with E-state index in [9.17, 15) is 9.59 Å². The number of carbonyl (C=O) groups excluding carboxylic acids is 2. The minimum Gasteiger partial charge on any atom is -0.353 e. The smallest absolute Gasteiger partial charge is 0.317 e. The Morgan fingerprint density at radius 2 is 1.57 bits per heavy atom. The van der Waals surface area contributed by atoms with Gasteiger partial charge < -0.3 is 15.5 Å². The van der Waals surface area contributed by atoms with Gasteiger partial charge in [-0.3, -0.25) is 4.79 Å². The summed E-state index contributed by atoms with van der Waals surface area (Å²) in [4.78, 5) is 25.8. The number of hydrogen-bond donors (Lipinski definition) is 2. The summed E-state index contributed by atoms with van der Waals surface area (Å²) in [5, 5.41) is 6.22. The first-order valence-electron chi connectivity index (χ1n) is 8.39. The highest BCUT2D eigenvalue weighted by atomic mass is 16.2. The standard InChI is InChI=1S/C16H29N3O2/c1-12(2)11-15(20)17-14-7-9-19(10-8-14)16(21)18-13-5-3-4-6-13/h12-14H,3-11H2,1-2H3,(H,17,20)(H,18,21). The van der Waals surface area contributed by atoms with Gasteiger partial charge in [0.05, 0.1) is 0 Å². The van der Waals surface area contributed by atoms with E-state index in [2.05, 4.69) is 24.5 Å². The molecule has 5 heteroatoms. The fourth-order valence-corrected chi connectivity index (χ4v) is 3.22. The third kappa shape index (κ3) is 5.21. The molecule has 1 aliphatic carbocycles. The zero-order chi connectivity index (χ0) is 15.2. The van der Waals surface area contributed by atoms with E-state index in [1.54, 1.807) is 0 Å². The lowest BCUT2D eigenvalue weighted by atomic mass is 10.0. The molecule has 0 bridgehead atoms. The molecule has 5 nitrogen and oxygen atoms in total. The van der Waals surface area contributed by atoms with Crippen LogP contribution in [0.5, 0.6) is 0 Å². The second-order valence-electron chi connectivity index (χ2n) is 6.86. The minimum absolute atomic E-state index is 0.0776. The van der Waals surface area contributed by atoms with Gasteiger partial charge in [-0.15, -0.1) is 0 Å². The first-order valence-corrected chi connectivity index (χ1v) is 8.39. The average molecular weight is 295 g/mol. The van der Waals surface area contributed by atoms with Crippen molar-refractivity contribution in [3.63, 3.8) is 0 Å². The molecule has 0 aromatic carbocycles. The second-order valence-corrected chi connectivity index (χ2v) is 6.86. The highest BCUT2D eigenvalue weighted by molar-refractivity contribution is 5.77. The number of nitrogens with zero attached hydrogens (tertiary/aromatic N) is 1. The molecule has 120 valence electrons. The maximum Gasteiger partial charge on any atom is 0.317 e. The van der Waals surface area contributed by atoms with E-state index in [4.69, 9.17) is 0 Å². The predicted octanol–water partition coefficient (Wildman–Crippen LogP) is 2.27. The molecule has 0 unspecified atom stereocenters. The Kier molecular flexibility index (Phi) is 5.88. The van der Waals surface area contributed by atoms with E-state index in [-0.39, 0.29) is 18.0 Å². The van der Waals surface area contributed by atoms with Crippen LogP contribution in [-0.4, -0.2) is 42.0 Å². The summed E-state index contributed by atoms with van der Waals surface area (Å²) in [5.41, 5.74) is 0. The number of urea groups is 1. The van der Waals surface area contributed by atoms with Crippen molar-refractivity contribution in [2.24, 2.45) is 5.92 Å². The van der Waals surface area contributed by atoms with E-state index in [0.29, 0.717) is 18.4 Å². The lowest BCUT2D eigenvalue weighted by Crippen LogP contribution is -2.51. The van der Waals surface area contributed by atoms with Crippen molar-refractivity contribution in [3.8, 4) is 0 Å². The zero-order valence-electron chi connectivity index (χ0n) is 13.4. The Morgan fingerprint density at radius 1 is 1.00 bits per heavy atom. The van der Waals surface area contributed by atoms with Gasteiger partial charge in [-0.2, -0.15) is 0 Å². The van der Waals surface area contributed by atoms with Crippen LogP contribution < -0.4 is 10.6 Å². The molecule has 0 spiro atoms. The normalized spacial score (nSPS) is 20.8. The monoisotopic (exact) mass is 295 g/mol. The van der Waals surface area contributed by atoms with Crippen LogP contribution in [0, 0.1) is 5.92 Å². The summed E-state index contributed by atoms with van der Waals surface area (Å²) < 4.78 is 0. The van der Waals surface area contributed by atoms with Crippen molar-refractivity contribution in [1.82, 2.24) is 15.5 Å². The van der Waals surface area contributed by atoms with Crippen molar-refractivity contribution < 1.29 is 9.59 Å². The molecule has 2 fully saturated rings. The molecular weight excluding hydrogens is 266 g/mol. The van der Waals surface area contributed by atoms with Gasteiger partial charge in [0.15, 0.2) is 0 Å². The van der Waals surface area contributed by atoms with Crippen molar-refractivity contribution in [2.75, 3.05) is 13.1 Å². The molecule has 1 heterocycles. The van der Waals surface area contributed by atoms with Gasteiger partial charge in [-0.05, 0) is 31.6 Å². The summed E-state index contributed by atoms with van der Waals surface area (Å²) in [5.74, 6) is 0.529. The SMILES string of the molecule is CC(C)CC(=O)NC1CCN(C(=O)NC2CCCC2)CC1. The lowest BCUT2D eigenvalue weighted by molar-refractivity contribution is -0.122. The van der Waals surface area contributed by atoms with Gasteiger partial charge in [-0.1, -0.05) is 26.7 Å². The van der Waals surface area contributed by atoms with Gasteiger partial charge in [-0.25, -0.2) is 4.79 Å². The Hall–Kier alpha value is -1.26. The molecule has 2 N–H and O–H groups in total. The van der Waals surface area contributed by atoms with Gasteiger partial charge in [0.1, 0.15) is 0 Å². The predicted molar refractivity (Wildman–Crippen MR) is 83.0 cm³/mol. The molecule has 0 atom stereocenters. The van der Waals surface area contributed by atoms with Crippen molar-refractivity contribution >= 4 is 11.9 Å². The highest BCUT2D eigenvalue weighted by Crippen LogP contribution is 2.18. The molecule has 21 heavy (non-hydrogen) atoms. The van der Waals surface area contributed by atoms with Gasteiger partial charge in [0.2, 0.25) is 5.91 Å². The Balaban J connectivity index is 1.67. The van der Waals surface area contributed by atoms with E-state index in [0.717, 1.165) is 38.8 Å². The van der Waals surface area contributed by atoms with Crippen LogP contribution in [0.1, 0.15) is 58.8 Å². The van der Waals surface area contributed by atoms with Crippen LogP contribution >= 0.6 is 0 Å². The molecule has 1 saturated carbocycles. The summed E-state index contributed by atoms with van der Waals surface area (Å²) in [6.07, 6.45) is 7.01. The minimum atomic E-state index is 0.0776. The fourth-order valence-electron chi connectivity index (χ4n) is 3.22. The average Bonchev–Trinajstić information content (AvgIpc) is 2.91. The Labute approximate surface area is 127 Å². The van der Waals surface area contributed by atoms with E-state index < -0.39 is 0 Å². The number of carbonyl (C=O) groups is 2. The van der Waals surface area contributed by atoms with E-state index in [1.165, 1.54) is 12.8 Å². The highest BCUT2D eigenvalue weighted by Gasteiger charge is 2.26. The summed E-state index contributed by atoms with van der Waals surface area (Å²) in [6.45, 7) is 5.58. The maximum atomic E-state index is 12.2. The van der Waals surface area contributed by atoms with Gasteiger partial charge >= 0.3 is 6.03 Å². The topological polar surface area (TPSA) is 61.4 Å². The maximum absolute atomic E-state index is 12.2. The van der Waals surface area contributed by atoms with Crippen molar-refractivity contribution in [3.05, 3.63) is 0 Å². The third-order valence-electron chi connectivity index (χ3n) is 4.42. The molecule has 1 saturated heterocycles. The number of hydrogen-bond acceptors (Lipinski definition) is 2. The van der Waals surface area contributed by atoms with Gasteiger partial charge in [0.25, 0.3) is 0 Å². The van der Waals surface area contributed by atoms with Crippen LogP contribution in [-0.2, 0) is 4.79 Å². The zero-order valence-corrected chi connectivity index (χ0v) is 13.4. The van der Waals surface area contributed by atoms with Crippen LogP contribution in [0.4, 0.5) is 4.79 Å². The fraction of sp³-hybridized carbons (Fsp3) is 0.875. The summed E-state index contributed by atoms with van der Waals surface area (Å²) >= 11 is 0. The molecule has 0 radical (unpaired) electrons. The number of nitrogens with one attached hydrogen (secondary N) is 2. The van der Waals surface area contributed by atoms with Crippen LogP contribution in [0.15, 0.2) is 0 Å². The largest absolute Gasteiger partial charge is 0.353 e. The van der Waals surface area contributed by atoms with Crippen LogP contribution in [0.3, 0.4) is 0 Å². The number of amides is 3. The Bertz CT molecular complexity index is 357. The third-order valence-corrected chi connectivity index (χ3v) is 4.42. The van der Waals surface area contributed by atoms with Crippen molar-refractivity contribution in [1.29, 1.82) is 0 Å². The quantitative estimate of drug-likeness (QED) is 0.836. The van der Waals surface area contributed by atoms with Crippen LogP contribution in [0.25, 0.3) is 0 Å². The molecule has 3 amide bonds. The van der Waals surface area contributed by atoms with E-state index in [1.807, 2.05) is 4.90 Å². The number of piperidine rings is 1. The first-order chi connectivity index (χ1) is 10.0. The Morgan fingerprint density at radius 3 is 2.14 bits per heavy atom. The van der Waals surface area contributed by atoms with Crippen LogP contribution in [0.2, 0.25) is 0 Å². The molecule has 1 aliphatic heterocycles. The lowest BCUT2D eigenvalue weighted by Gasteiger charge is -2.33. The summed E-state index contributed by atoms with van der Waals surface area (Å²) in [7, 11) is 0. The van der Waals surface area contributed by atoms with Crippen molar-refractivity contribution in [2.45, 2.75) is 70.9 Å². The molecule has 0 aromatic rings. The summed E-state index contributed by atoms with van der Waals surface area (Å²) in [6, 6.07) is 0.682. The molecule has 2 aliphatic rings. The molecular formula is C16H29N3O2. The number of likely N-dealkylation sites (tertiary alicyclic amines) is 1. The first kappa shape index (κ1) is 16.1.